The molecule has 0 saturated carbocycles. The number of hydrogen-bond acceptors (Lipinski definition) is 2. The molecule has 0 amide bonds. The zero-order chi connectivity index (χ0) is 38.6. The first-order valence-corrected chi connectivity index (χ1v) is 20.2. The lowest BCUT2D eigenvalue weighted by Gasteiger charge is -2.19. The number of nitrogens with zero attached hydrogens (tertiary/aromatic N) is 1. The maximum absolute atomic E-state index is 6.58. The van der Waals surface area contributed by atoms with Crippen molar-refractivity contribution < 1.29 is 8.83 Å². The molecule has 0 radical (unpaired) electrons. The van der Waals surface area contributed by atoms with E-state index in [1.165, 1.54) is 49.1 Å². The first-order chi connectivity index (χ1) is 29.3. The molecule has 0 fully saturated rings. The summed E-state index contributed by atoms with van der Waals surface area (Å²) in [6.45, 7) is 0. The normalized spacial score (nSPS) is 12.1. The Morgan fingerprint density at radius 2 is 0.712 bits per heavy atom. The molecule has 10 aromatic carbocycles. The fourth-order valence-electron chi connectivity index (χ4n) is 9.81. The van der Waals surface area contributed by atoms with Gasteiger partial charge in [-0.3, -0.25) is 0 Å². The van der Waals surface area contributed by atoms with Gasteiger partial charge in [0.25, 0.3) is 0 Å². The Hall–Kier alpha value is -7.88. The van der Waals surface area contributed by atoms with E-state index in [2.05, 4.69) is 193 Å². The number of para-hydroxylation sites is 4. The summed E-state index contributed by atoms with van der Waals surface area (Å²) >= 11 is 0. The number of furan rings is 2. The molecule has 0 unspecified atom stereocenters. The van der Waals surface area contributed by atoms with Gasteiger partial charge >= 0.3 is 0 Å². The average Bonchev–Trinajstić information content (AvgIpc) is 3.98. The van der Waals surface area contributed by atoms with E-state index in [4.69, 9.17) is 8.83 Å². The van der Waals surface area contributed by atoms with Crippen LogP contribution < -0.4 is 0 Å². The Balaban J connectivity index is 1.14. The quantitative estimate of drug-likeness (QED) is 0.168. The number of fused-ring (bicyclic) bond motifs is 11. The van der Waals surface area contributed by atoms with Crippen molar-refractivity contribution in [1.29, 1.82) is 0 Å². The third-order valence-electron chi connectivity index (χ3n) is 12.4. The highest BCUT2D eigenvalue weighted by Gasteiger charge is 2.22. The fourth-order valence-corrected chi connectivity index (χ4v) is 9.81. The third-order valence-corrected chi connectivity index (χ3v) is 12.4. The van der Waals surface area contributed by atoms with Crippen LogP contribution in [-0.4, -0.2) is 4.57 Å². The molecule has 0 aliphatic carbocycles. The van der Waals surface area contributed by atoms with E-state index in [0.717, 1.165) is 77.2 Å². The second-order valence-corrected chi connectivity index (χ2v) is 15.5. The summed E-state index contributed by atoms with van der Waals surface area (Å²) in [7, 11) is 0. The van der Waals surface area contributed by atoms with Crippen molar-refractivity contribution >= 4 is 87.2 Å². The molecule has 13 rings (SSSR count). The molecule has 13 aromatic rings. The van der Waals surface area contributed by atoms with Crippen molar-refractivity contribution in [3.63, 3.8) is 0 Å². The van der Waals surface area contributed by atoms with E-state index in [1.807, 2.05) is 12.1 Å². The van der Waals surface area contributed by atoms with Crippen LogP contribution in [0.15, 0.2) is 209 Å². The van der Waals surface area contributed by atoms with Crippen LogP contribution in [0.5, 0.6) is 0 Å². The standard InChI is InChI=1S/C56H33NO2/c1-2-14-34(15-3-1)53-41-18-4-6-20-43(41)54(44-21-7-5-19-42(44)53)57-49-30-28-35(37-22-12-24-45-39-16-8-10-26-51(39)58-55(37)45)32-47(49)48-33-36(29-31-50(48)57)38-23-13-25-46-40-17-9-11-27-52(40)59-56(38)46/h1-33H. The van der Waals surface area contributed by atoms with Crippen molar-refractivity contribution in [1.82, 2.24) is 4.57 Å². The lowest BCUT2D eigenvalue weighted by atomic mass is 9.90. The highest BCUT2D eigenvalue weighted by atomic mass is 16.3. The van der Waals surface area contributed by atoms with Crippen LogP contribution >= 0.6 is 0 Å². The van der Waals surface area contributed by atoms with Crippen molar-refractivity contribution in [2.75, 3.05) is 0 Å². The maximum Gasteiger partial charge on any atom is 0.143 e. The summed E-state index contributed by atoms with van der Waals surface area (Å²) in [4.78, 5) is 0. The zero-order valence-electron chi connectivity index (χ0n) is 31.8. The van der Waals surface area contributed by atoms with Crippen LogP contribution in [0.3, 0.4) is 0 Å². The second kappa shape index (κ2) is 12.3. The molecule has 0 saturated heterocycles. The summed E-state index contributed by atoms with van der Waals surface area (Å²) in [5.41, 5.74) is 13.9. The first-order valence-electron chi connectivity index (χ1n) is 20.2. The van der Waals surface area contributed by atoms with Crippen molar-refractivity contribution in [3.8, 4) is 39.1 Å². The Morgan fingerprint density at radius 3 is 1.22 bits per heavy atom. The highest BCUT2D eigenvalue weighted by molar-refractivity contribution is 6.22. The van der Waals surface area contributed by atoms with Gasteiger partial charge in [-0.1, -0.05) is 164 Å². The van der Waals surface area contributed by atoms with Crippen molar-refractivity contribution in [2.45, 2.75) is 0 Å². The van der Waals surface area contributed by atoms with Crippen LogP contribution in [-0.2, 0) is 0 Å². The van der Waals surface area contributed by atoms with E-state index in [1.54, 1.807) is 0 Å². The smallest absolute Gasteiger partial charge is 0.143 e. The van der Waals surface area contributed by atoms with Gasteiger partial charge in [-0.25, -0.2) is 0 Å². The fraction of sp³-hybridized carbons (Fsp3) is 0. The average molecular weight is 752 g/mol. The molecule has 59 heavy (non-hydrogen) atoms. The largest absolute Gasteiger partial charge is 0.455 e. The summed E-state index contributed by atoms with van der Waals surface area (Å²) in [6, 6.07) is 72.1. The maximum atomic E-state index is 6.58. The van der Waals surface area contributed by atoms with E-state index < -0.39 is 0 Å². The Kier molecular flexibility index (Phi) is 6.72. The van der Waals surface area contributed by atoms with Gasteiger partial charge in [0, 0.05) is 54.2 Å². The van der Waals surface area contributed by atoms with E-state index in [-0.39, 0.29) is 0 Å². The molecule has 0 atom stereocenters. The minimum absolute atomic E-state index is 0.898. The molecule has 274 valence electrons. The van der Waals surface area contributed by atoms with Gasteiger partial charge in [-0.15, -0.1) is 0 Å². The SMILES string of the molecule is c1ccc(-c2c3ccccc3c(-n3c4ccc(-c5cccc6c5oc5ccccc56)cc4c4cc(-c5cccc6c5oc5ccccc56)ccc43)c3ccccc23)cc1. The Bertz CT molecular complexity index is 3620. The van der Waals surface area contributed by atoms with E-state index in [9.17, 15) is 0 Å². The molecule has 0 bridgehead atoms. The van der Waals surface area contributed by atoms with Crippen LogP contribution in [0.4, 0.5) is 0 Å². The number of rotatable bonds is 4. The van der Waals surface area contributed by atoms with E-state index >= 15 is 0 Å². The van der Waals surface area contributed by atoms with Gasteiger partial charge in [0.1, 0.15) is 22.3 Å². The second-order valence-electron chi connectivity index (χ2n) is 15.5. The summed E-state index contributed by atoms with van der Waals surface area (Å²) < 4.78 is 15.7. The first kappa shape index (κ1) is 32.2. The molecule has 0 aliphatic heterocycles. The van der Waals surface area contributed by atoms with Crippen LogP contribution in [0.25, 0.3) is 126 Å². The molecule has 0 spiro atoms. The minimum Gasteiger partial charge on any atom is -0.455 e. The molecule has 3 heterocycles. The topological polar surface area (TPSA) is 31.2 Å². The molecule has 3 aromatic heterocycles. The molecular weight excluding hydrogens is 719 g/mol. The molecule has 3 nitrogen and oxygen atoms in total. The summed E-state index contributed by atoms with van der Waals surface area (Å²) in [5, 5.41) is 11.7. The molecular formula is C56H33NO2. The summed E-state index contributed by atoms with van der Waals surface area (Å²) in [5.74, 6) is 0. The lowest BCUT2D eigenvalue weighted by molar-refractivity contribution is 0.669. The predicted molar refractivity (Wildman–Crippen MR) is 247 cm³/mol. The van der Waals surface area contributed by atoms with Crippen LogP contribution in [0.2, 0.25) is 0 Å². The molecule has 3 heteroatoms. The van der Waals surface area contributed by atoms with Crippen molar-refractivity contribution in [3.05, 3.63) is 200 Å². The predicted octanol–water partition coefficient (Wildman–Crippen LogP) is 15.9. The third kappa shape index (κ3) is 4.64. The minimum atomic E-state index is 0.898. The van der Waals surface area contributed by atoms with Crippen LogP contribution in [0.1, 0.15) is 0 Å². The number of benzene rings is 10. The number of aromatic nitrogens is 1. The van der Waals surface area contributed by atoms with Gasteiger partial charge in [-0.2, -0.15) is 0 Å². The van der Waals surface area contributed by atoms with Crippen molar-refractivity contribution in [2.24, 2.45) is 0 Å². The highest BCUT2D eigenvalue weighted by Crippen LogP contribution is 2.46. The van der Waals surface area contributed by atoms with Crippen LogP contribution in [0, 0.1) is 0 Å². The summed E-state index contributed by atoms with van der Waals surface area (Å²) in [6.07, 6.45) is 0. The Labute approximate surface area is 338 Å². The zero-order valence-corrected chi connectivity index (χ0v) is 31.8. The molecule has 0 N–H and O–H groups in total. The van der Waals surface area contributed by atoms with Gasteiger partial charge in [0.2, 0.25) is 0 Å². The van der Waals surface area contributed by atoms with Gasteiger partial charge in [0.05, 0.1) is 16.7 Å². The van der Waals surface area contributed by atoms with Gasteiger partial charge < -0.3 is 13.4 Å². The van der Waals surface area contributed by atoms with Gasteiger partial charge in [0.15, 0.2) is 0 Å². The number of hydrogen-bond donors (Lipinski definition) is 0. The Morgan fingerprint density at radius 1 is 0.288 bits per heavy atom. The molecule has 0 aliphatic rings. The lowest BCUT2D eigenvalue weighted by Crippen LogP contribution is -1.99. The van der Waals surface area contributed by atoms with E-state index in [0.29, 0.717) is 0 Å². The van der Waals surface area contributed by atoms with Gasteiger partial charge in [-0.05, 0) is 69.4 Å². The monoisotopic (exact) mass is 751 g/mol.